The number of epoxide rings is 1. The molecule has 2 rings (SSSR count). The van der Waals surface area contributed by atoms with E-state index in [-0.39, 0.29) is 12.2 Å². The number of methoxy groups -OCH3 is 2. The van der Waals surface area contributed by atoms with Gasteiger partial charge >= 0.3 is 0 Å². The molecule has 2 aliphatic rings. The van der Waals surface area contributed by atoms with Crippen LogP contribution in [0.4, 0.5) is 0 Å². The summed E-state index contributed by atoms with van der Waals surface area (Å²) >= 11 is 0. The van der Waals surface area contributed by atoms with E-state index in [2.05, 4.69) is 4.90 Å². The lowest BCUT2D eigenvalue weighted by molar-refractivity contribution is -0.00461. The number of hydrogen-bond donors (Lipinski definition) is 0. The second-order valence-electron chi connectivity index (χ2n) is 3.72. The minimum atomic E-state index is 0.226. The second kappa shape index (κ2) is 3.92. The first-order valence-electron chi connectivity index (χ1n) is 4.73. The van der Waals surface area contributed by atoms with Gasteiger partial charge in [-0.3, -0.25) is 4.90 Å². The van der Waals surface area contributed by atoms with Crippen molar-refractivity contribution in [1.29, 1.82) is 0 Å². The SMILES string of the molecule is COC1CN(CC2CO2)CC1OC. The van der Waals surface area contributed by atoms with Crippen LogP contribution in [0.5, 0.6) is 0 Å². The molecule has 4 nitrogen and oxygen atoms in total. The fourth-order valence-electron chi connectivity index (χ4n) is 1.88. The predicted octanol–water partition coefficient (Wildman–Crippen LogP) is -0.269. The Hall–Kier alpha value is -0.160. The maximum atomic E-state index is 5.34. The molecule has 0 aromatic rings. The zero-order valence-corrected chi connectivity index (χ0v) is 8.23. The maximum Gasteiger partial charge on any atom is 0.0971 e. The van der Waals surface area contributed by atoms with Crippen LogP contribution in [0.15, 0.2) is 0 Å². The van der Waals surface area contributed by atoms with Crippen LogP contribution in [0, 0.1) is 0 Å². The van der Waals surface area contributed by atoms with Crippen molar-refractivity contribution in [3.05, 3.63) is 0 Å². The van der Waals surface area contributed by atoms with Gasteiger partial charge in [0.25, 0.3) is 0 Å². The van der Waals surface area contributed by atoms with Gasteiger partial charge in [0, 0.05) is 33.9 Å². The Labute approximate surface area is 78.7 Å². The molecule has 2 fully saturated rings. The van der Waals surface area contributed by atoms with E-state index in [1.54, 1.807) is 14.2 Å². The van der Waals surface area contributed by atoms with E-state index in [1.165, 1.54) is 0 Å². The molecule has 0 saturated carbocycles. The van der Waals surface area contributed by atoms with Crippen LogP contribution in [-0.4, -0.2) is 63.7 Å². The van der Waals surface area contributed by atoms with Gasteiger partial charge in [0.05, 0.1) is 24.9 Å². The topological polar surface area (TPSA) is 34.2 Å². The summed E-state index contributed by atoms with van der Waals surface area (Å²) in [7, 11) is 3.49. The van der Waals surface area contributed by atoms with Crippen molar-refractivity contribution in [2.24, 2.45) is 0 Å². The van der Waals surface area contributed by atoms with E-state index in [9.17, 15) is 0 Å². The smallest absolute Gasteiger partial charge is 0.0971 e. The average Bonchev–Trinajstić information content (AvgIpc) is 2.84. The first kappa shape index (κ1) is 9.40. The van der Waals surface area contributed by atoms with Gasteiger partial charge < -0.3 is 14.2 Å². The fourth-order valence-corrected chi connectivity index (χ4v) is 1.88. The number of ether oxygens (including phenoxy) is 3. The van der Waals surface area contributed by atoms with E-state index in [4.69, 9.17) is 14.2 Å². The molecule has 0 spiro atoms. The van der Waals surface area contributed by atoms with Crippen LogP contribution >= 0.6 is 0 Å². The van der Waals surface area contributed by atoms with E-state index in [0.29, 0.717) is 6.10 Å². The predicted molar refractivity (Wildman–Crippen MR) is 47.8 cm³/mol. The molecule has 2 saturated heterocycles. The Balaban J connectivity index is 1.80. The lowest BCUT2D eigenvalue weighted by Crippen LogP contribution is -2.27. The van der Waals surface area contributed by atoms with Crippen LogP contribution in [0.2, 0.25) is 0 Å². The maximum absolute atomic E-state index is 5.34. The third kappa shape index (κ3) is 2.20. The Kier molecular flexibility index (Phi) is 2.83. The van der Waals surface area contributed by atoms with Crippen molar-refractivity contribution in [1.82, 2.24) is 4.90 Å². The molecule has 2 heterocycles. The van der Waals surface area contributed by atoms with Crippen LogP contribution in [0.1, 0.15) is 0 Å². The van der Waals surface area contributed by atoms with Crippen LogP contribution < -0.4 is 0 Å². The minimum Gasteiger partial charge on any atom is -0.377 e. The Morgan fingerprint density at radius 1 is 1.23 bits per heavy atom. The zero-order chi connectivity index (χ0) is 9.26. The summed E-state index contributed by atoms with van der Waals surface area (Å²) in [6, 6.07) is 0. The van der Waals surface area contributed by atoms with E-state index in [0.717, 1.165) is 26.2 Å². The highest BCUT2D eigenvalue weighted by atomic mass is 16.6. The van der Waals surface area contributed by atoms with Crippen LogP contribution in [0.3, 0.4) is 0 Å². The molecule has 0 N–H and O–H groups in total. The number of nitrogens with zero attached hydrogens (tertiary/aromatic N) is 1. The summed E-state index contributed by atoms with van der Waals surface area (Å²) < 4.78 is 15.9. The first-order chi connectivity index (χ1) is 6.33. The van der Waals surface area contributed by atoms with Crippen molar-refractivity contribution in [3.63, 3.8) is 0 Å². The Bertz CT molecular complexity index is 160. The molecule has 0 radical (unpaired) electrons. The Morgan fingerprint density at radius 3 is 2.15 bits per heavy atom. The molecule has 76 valence electrons. The first-order valence-corrected chi connectivity index (χ1v) is 4.73. The fraction of sp³-hybridized carbons (Fsp3) is 1.00. The summed E-state index contributed by atoms with van der Waals surface area (Å²) in [5.74, 6) is 0. The van der Waals surface area contributed by atoms with E-state index in [1.807, 2.05) is 0 Å². The highest BCUT2D eigenvalue weighted by molar-refractivity contribution is 4.88. The number of likely N-dealkylation sites (tertiary alicyclic amines) is 1. The number of hydrogen-bond acceptors (Lipinski definition) is 4. The summed E-state index contributed by atoms with van der Waals surface area (Å²) in [4.78, 5) is 2.35. The molecule has 4 heteroatoms. The molecule has 3 atom stereocenters. The molecular formula is C9H17NO3. The van der Waals surface area contributed by atoms with Crippen molar-refractivity contribution >= 4 is 0 Å². The van der Waals surface area contributed by atoms with Gasteiger partial charge in [0.1, 0.15) is 0 Å². The van der Waals surface area contributed by atoms with Gasteiger partial charge in [-0.25, -0.2) is 0 Å². The molecule has 0 aliphatic carbocycles. The van der Waals surface area contributed by atoms with Gasteiger partial charge in [-0.2, -0.15) is 0 Å². The largest absolute Gasteiger partial charge is 0.377 e. The van der Waals surface area contributed by atoms with Crippen molar-refractivity contribution < 1.29 is 14.2 Å². The molecule has 0 amide bonds. The van der Waals surface area contributed by atoms with Crippen LogP contribution in [0.25, 0.3) is 0 Å². The normalized spacial score (nSPS) is 39.7. The monoisotopic (exact) mass is 187 g/mol. The van der Waals surface area contributed by atoms with Gasteiger partial charge in [0.15, 0.2) is 0 Å². The van der Waals surface area contributed by atoms with Gasteiger partial charge in [0.2, 0.25) is 0 Å². The summed E-state index contributed by atoms with van der Waals surface area (Å²) in [6.07, 6.45) is 0.917. The molecule has 0 bridgehead atoms. The van der Waals surface area contributed by atoms with Crippen LogP contribution in [-0.2, 0) is 14.2 Å². The number of rotatable bonds is 4. The highest BCUT2D eigenvalue weighted by Crippen LogP contribution is 2.19. The Morgan fingerprint density at radius 2 is 1.77 bits per heavy atom. The second-order valence-corrected chi connectivity index (χ2v) is 3.72. The lowest BCUT2D eigenvalue weighted by atomic mass is 10.3. The summed E-state index contributed by atoms with van der Waals surface area (Å²) in [6.45, 7) is 3.88. The van der Waals surface area contributed by atoms with Gasteiger partial charge in [-0.05, 0) is 0 Å². The molecule has 3 unspecified atom stereocenters. The highest BCUT2D eigenvalue weighted by Gasteiger charge is 2.36. The molecule has 13 heavy (non-hydrogen) atoms. The molecule has 0 aromatic heterocycles. The van der Waals surface area contributed by atoms with E-state index >= 15 is 0 Å². The van der Waals surface area contributed by atoms with Crippen molar-refractivity contribution in [2.45, 2.75) is 18.3 Å². The molecule has 0 aromatic carbocycles. The summed E-state index contributed by atoms with van der Waals surface area (Å²) in [5, 5.41) is 0. The third-order valence-corrected chi connectivity index (χ3v) is 2.76. The zero-order valence-electron chi connectivity index (χ0n) is 8.23. The quantitative estimate of drug-likeness (QED) is 0.567. The average molecular weight is 187 g/mol. The van der Waals surface area contributed by atoms with Crippen molar-refractivity contribution in [3.8, 4) is 0 Å². The third-order valence-electron chi connectivity index (χ3n) is 2.76. The van der Waals surface area contributed by atoms with Crippen molar-refractivity contribution in [2.75, 3.05) is 40.5 Å². The van der Waals surface area contributed by atoms with E-state index < -0.39 is 0 Å². The van der Waals surface area contributed by atoms with Gasteiger partial charge in [-0.1, -0.05) is 0 Å². The minimum absolute atomic E-state index is 0.226. The standard InChI is InChI=1S/C9H17NO3/c1-11-8-4-10(3-7-6-13-7)5-9(8)12-2/h7-9H,3-6H2,1-2H3. The summed E-state index contributed by atoms with van der Waals surface area (Å²) in [5.41, 5.74) is 0. The lowest BCUT2D eigenvalue weighted by Gasteiger charge is -2.13. The van der Waals surface area contributed by atoms with Gasteiger partial charge in [-0.15, -0.1) is 0 Å². The molecule has 2 aliphatic heterocycles. The molecular weight excluding hydrogens is 170 g/mol.